The van der Waals surface area contributed by atoms with Crippen LogP contribution in [0.1, 0.15) is 47.8 Å². The lowest BCUT2D eigenvalue weighted by atomic mass is 9.60. The van der Waals surface area contributed by atoms with E-state index < -0.39 is 11.9 Å². The molecule has 2 aromatic carbocycles. The molecule has 1 fully saturated rings. The standard InChI is InChI=1S/C22H22O2/c23-22(24)21(16-7-2-1-3-8-16)20-11-5-4-10-19(20)18-12-6-9-15-13-14-17(15)18/h1-8,10-12,15,17-18,21H,9,13-14H2,(H,23,24). The van der Waals surface area contributed by atoms with E-state index in [4.69, 9.17) is 0 Å². The van der Waals surface area contributed by atoms with E-state index in [0.717, 1.165) is 17.0 Å². The van der Waals surface area contributed by atoms with Crippen LogP contribution in [0.2, 0.25) is 0 Å². The average Bonchev–Trinajstić information content (AvgIpc) is 2.57. The van der Waals surface area contributed by atoms with Gasteiger partial charge in [-0.25, -0.2) is 0 Å². The van der Waals surface area contributed by atoms with E-state index in [-0.39, 0.29) is 0 Å². The molecular weight excluding hydrogens is 296 g/mol. The highest BCUT2D eigenvalue weighted by Crippen LogP contribution is 2.50. The molecule has 1 saturated carbocycles. The predicted molar refractivity (Wildman–Crippen MR) is 95.1 cm³/mol. The Balaban J connectivity index is 1.79. The van der Waals surface area contributed by atoms with E-state index in [0.29, 0.717) is 11.8 Å². The van der Waals surface area contributed by atoms with Crippen LogP contribution in [0.3, 0.4) is 0 Å². The number of allylic oxidation sites excluding steroid dienone is 2. The molecular formula is C22H22O2. The molecule has 2 nitrogen and oxygen atoms in total. The number of fused-ring (bicyclic) bond motifs is 1. The van der Waals surface area contributed by atoms with Gasteiger partial charge in [0.15, 0.2) is 0 Å². The monoisotopic (exact) mass is 318 g/mol. The van der Waals surface area contributed by atoms with Gasteiger partial charge >= 0.3 is 5.97 Å². The van der Waals surface area contributed by atoms with Gasteiger partial charge in [-0.05, 0) is 47.8 Å². The summed E-state index contributed by atoms with van der Waals surface area (Å²) in [5.41, 5.74) is 2.99. The number of hydrogen-bond acceptors (Lipinski definition) is 1. The molecule has 0 radical (unpaired) electrons. The largest absolute Gasteiger partial charge is 0.481 e. The molecule has 2 aromatic rings. The lowest BCUT2D eigenvalue weighted by molar-refractivity contribution is -0.137. The Bertz CT molecular complexity index is 763. The zero-order valence-corrected chi connectivity index (χ0v) is 13.6. The first-order valence-corrected chi connectivity index (χ1v) is 8.79. The summed E-state index contributed by atoms with van der Waals surface area (Å²) in [5.74, 6) is 0.448. The average molecular weight is 318 g/mol. The fraction of sp³-hybridized carbons (Fsp3) is 0.318. The van der Waals surface area contributed by atoms with Crippen LogP contribution in [0.25, 0.3) is 0 Å². The summed E-state index contributed by atoms with van der Waals surface area (Å²) in [6.07, 6.45) is 8.36. The maximum absolute atomic E-state index is 12.1. The lowest BCUT2D eigenvalue weighted by Gasteiger charge is -2.44. The SMILES string of the molecule is O=C(O)C(c1ccccc1)c1ccccc1C1C=CCC2CCC21. The van der Waals surface area contributed by atoms with E-state index in [1.807, 2.05) is 48.5 Å². The van der Waals surface area contributed by atoms with Crippen molar-refractivity contribution in [1.82, 2.24) is 0 Å². The van der Waals surface area contributed by atoms with E-state index in [1.54, 1.807) is 0 Å². The Morgan fingerprint density at radius 1 is 1.00 bits per heavy atom. The molecule has 2 aliphatic carbocycles. The molecule has 0 amide bonds. The summed E-state index contributed by atoms with van der Waals surface area (Å²) < 4.78 is 0. The number of aliphatic carboxylic acids is 1. The molecule has 2 aliphatic rings. The predicted octanol–water partition coefficient (Wildman–Crippen LogP) is 4.97. The number of rotatable bonds is 4. The van der Waals surface area contributed by atoms with Crippen molar-refractivity contribution in [3.8, 4) is 0 Å². The highest BCUT2D eigenvalue weighted by molar-refractivity contribution is 5.81. The summed E-state index contributed by atoms with van der Waals surface area (Å²) in [6, 6.07) is 17.7. The third kappa shape index (κ3) is 2.56. The molecule has 0 bridgehead atoms. The third-order valence-electron chi connectivity index (χ3n) is 5.77. The van der Waals surface area contributed by atoms with Gasteiger partial charge in [-0.3, -0.25) is 4.79 Å². The van der Waals surface area contributed by atoms with Crippen molar-refractivity contribution < 1.29 is 9.90 Å². The normalized spacial score (nSPS) is 26.2. The van der Waals surface area contributed by atoms with Crippen molar-refractivity contribution in [3.63, 3.8) is 0 Å². The molecule has 0 spiro atoms. The van der Waals surface area contributed by atoms with Gasteiger partial charge in [0.05, 0.1) is 0 Å². The molecule has 122 valence electrons. The second-order valence-corrected chi connectivity index (χ2v) is 7.00. The van der Waals surface area contributed by atoms with Crippen LogP contribution in [-0.2, 0) is 4.79 Å². The van der Waals surface area contributed by atoms with Crippen molar-refractivity contribution in [2.75, 3.05) is 0 Å². The molecule has 4 unspecified atom stereocenters. The summed E-state index contributed by atoms with van der Waals surface area (Å²) in [4.78, 5) is 12.1. The number of carboxylic acids is 1. The minimum absolute atomic E-state index is 0.360. The van der Waals surface area contributed by atoms with Crippen molar-refractivity contribution in [2.45, 2.75) is 31.1 Å². The second-order valence-electron chi connectivity index (χ2n) is 7.00. The number of carboxylic acid groups (broad SMARTS) is 1. The van der Waals surface area contributed by atoms with Crippen LogP contribution < -0.4 is 0 Å². The molecule has 0 heterocycles. The van der Waals surface area contributed by atoms with E-state index in [2.05, 4.69) is 18.2 Å². The Morgan fingerprint density at radius 2 is 1.75 bits per heavy atom. The van der Waals surface area contributed by atoms with Gasteiger partial charge in [0.1, 0.15) is 5.92 Å². The van der Waals surface area contributed by atoms with E-state index >= 15 is 0 Å². The first-order chi connectivity index (χ1) is 11.8. The smallest absolute Gasteiger partial charge is 0.315 e. The molecule has 1 N–H and O–H groups in total. The fourth-order valence-electron chi connectivity index (χ4n) is 4.42. The third-order valence-corrected chi connectivity index (χ3v) is 5.77. The van der Waals surface area contributed by atoms with Gasteiger partial charge in [-0.15, -0.1) is 0 Å². The molecule has 0 aliphatic heterocycles. The van der Waals surface area contributed by atoms with Crippen molar-refractivity contribution in [1.29, 1.82) is 0 Å². The maximum atomic E-state index is 12.1. The van der Waals surface area contributed by atoms with Crippen molar-refractivity contribution in [3.05, 3.63) is 83.4 Å². The zero-order valence-electron chi connectivity index (χ0n) is 13.6. The van der Waals surface area contributed by atoms with Crippen LogP contribution in [0.15, 0.2) is 66.7 Å². The molecule has 24 heavy (non-hydrogen) atoms. The van der Waals surface area contributed by atoms with E-state index in [1.165, 1.54) is 24.8 Å². The number of benzene rings is 2. The summed E-state index contributed by atoms with van der Waals surface area (Å²) >= 11 is 0. The van der Waals surface area contributed by atoms with Crippen molar-refractivity contribution in [2.24, 2.45) is 11.8 Å². The van der Waals surface area contributed by atoms with Crippen molar-refractivity contribution >= 4 is 5.97 Å². The summed E-state index contributed by atoms with van der Waals surface area (Å²) in [7, 11) is 0. The Hall–Kier alpha value is -2.35. The topological polar surface area (TPSA) is 37.3 Å². The van der Waals surface area contributed by atoms with Gasteiger partial charge in [0.2, 0.25) is 0 Å². The van der Waals surface area contributed by atoms with Gasteiger partial charge in [-0.2, -0.15) is 0 Å². The molecule has 4 rings (SSSR count). The van der Waals surface area contributed by atoms with Crippen LogP contribution >= 0.6 is 0 Å². The Kier molecular flexibility index (Phi) is 3.97. The fourth-order valence-corrected chi connectivity index (χ4v) is 4.42. The number of carbonyl (C=O) groups is 1. The second kappa shape index (κ2) is 6.27. The van der Waals surface area contributed by atoms with Gasteiger partial charge in [0, 0.05) is 5.92 Å². The first-order valence-electron chi connectivity index (χ1n) is 8.79. The number of hydrogen-bond donors (Lipinski definition) is 1. The van der Waals surface area contributed by atoms with Crippen LogP contribution in [0, 0.1) is 11.8 Å². The molecule has 0 saturated heterocycles. The minimum Gasteiger partial charge on any atom is -0.481 e. The van der Waals surface area contributed by atoms with Gasteiger partial charge in [0.25, 0.3) is 0 Å². The maximum Gasteiger partial charge on any atom is 0.315 e. The van der Waals surface area contributed by atoms with Gasteiger partial charge in [-0.1, -0.05) is 66.7 Å². The highest BCUT2D eigenvalue weighted by atomic mass is 16.4. The molecule has 4 atom stereocenters. The summed E-state index contributed by atoms with van der Waals surface area (Å²) in [5, 5.41) is 9.92. The quantitative estimate of drug-likeness (QED) is 0.808. The van der Waals surface area contributed by atoms with Gasteiger partial charge < -0.3 is 5.11 Å². The first kappa shape index (κ1) is 15.2. The highest BCUT2D eigenvalue weighted by Gasteiger charge is 2.39. The molecule has 0 aromatic heterocycles. The summed E-state index contributed by atoms with van der Waals surface area (Å²) in [6.45, 7) is 0. The minimum atomic E-state index is -0.779. The van der Waals surface area contributed by atoms with Crippen LogP contribution in [0.5, 0.6) is 0 Å². The van der Waals surface area contributed by atoms with E-state index in [9.17, 15) is 9.90 Å². The molecule has 2 heteroatoms. The van der Waals surface area contributed by atoms with Crippen LogP contribution in [-0.4, -0.2) is 11.1 Å². The Morgan fingerprint density at radius 3 is 2.46 bits per heavy atom. The zero-order chi connectivity index (χ0) is 16.5. The Labute approximate surface area is 142 Å². The lowest BCUT2D eigenvalue weighted by Crippen LogP contribution is -2.33. The van der Waals surface area contributed by atoms with Crippen LogP contribution in [0.4, 0.5) is 0 Å².